The highest BCUT2D eigenvalue weighted by Gasteiger charge is 2.14. The fourth-order valence-electron chi connectivity index (χ4n) is 2.06. The molecule has 0 spiro atoms. The molecule has 1 aromatic heterocycles. The molecule has 1 aromatic carbocycles. The van der Waals surface area contributed by atoms with Gasteiger partial charge in [-0.25, -0.2) is 0 Å². The fourth-order valence-corrected chi connectivity index (χ4v) is 2.44. The number of rotatable bonds is 3. The molecule has 92 valence electrons. The lowest BCUT2D eigenvalue weighted by molar-refractivity contribution is -0.118. The van der Waals surface area contributed by atoms with E-state index in [-0.39, 0.29) is 18.4 Å². The van der Waals surface area contributed by atoms with Crippen molar-refractivity contribution in [3.63, 3.8) is 0 Å². The number of carbonyl (C=O) groups excluding carboxylic acids is 1. The van der Waals surface area contributed by atoms with Crippen LogP contribution in [0.5, 0.6) is 0 Å². The molecule has 2 rings (SSSR count). The maximum atomic E-state index is 11.0. The monoisotopic (exact) mass is 260 g/mol. The number of para-hydroxylation sites is 1. The zero-order chi connectivity index (χ0) is 13.3. The summed E-state index contributed by atoms with van der Waals surface area (Å²) in [7, 11) is 0. The lowest BCUT2D eigenvalue weighted by atomic mass is 10.2. The van der Waals surface area contributed by atoms with Crippen LogP contribution in [0.2, 0.25) is 0 Å². The number of hydrogen-bond acceptors (Lipinski definition) is 3. The van der Waals surface area contributed by atoms with Gasteiger partial charge in [0.2, 0.25) is 5.91 Å². The molecule has 1 heterocycles. The molecule has 6 heteroatoms. The van der Waals surface area contributed by atoms with Crippen molar-refractivity contribution in [1.29, 1.82) is 5.26 Å². The molecule has 1 unspecified atom stereocenters. The maximum absolute atomic E-state index is 11.0. The van der Waals surface area contributed by atoms with Gasteiger partial charge in [-0.1, -0.05) is 6.07 Å². The van der Waals surface area contributed by atoms with E-state index in [1.807, 2.05) is 17.6 Å². The molecule has 0 aliphatic rings. The summed E-state index contributed by atoms with van der Waals surface area (Å²) < 4.78 is 2.30. The van der Waals surface area contributed by atoms with Gasteiger partial charge in [-0.3, -0.25) is 4.79 Å². The summed E-state index contributed by atoms with van der Waals surface area (Å²) in [6, 6.07) is 7.34. The van der Waals surface area contributed by atoms with E-state index >= 15 is 0 Å². The Morgan fingerprint density at radius 3 is 3.00 bits per heavy atom. The van der Waals surface area contributed by atoms with E-state index < -0.39 is 0 Å². The summed E-state index contributed by atoms with van der Waals surface area (Å²) in [6.07, 6.45) is 0.206. The highest BCUT2D eigenvalue weighted by Crippen LogP contribution is 2.23. The molecule has 0 fully saturated rings. The van der Waals surface area contributed by atoms with Gasteiger partial charge >= 0.3 is 0 Å². The normalized spacial score (nSPS) is 12.2. The van der Waals surface area contributed by atoms with Crippen molar-refractivity contribution in [2.45, 2.75) is 19.4 Å². The Hall–Kier alpha value is -2.13. The predicted molar refractivity (Wildman–Crippen MR) is 70.4 cm³/mol. The summed E-state index contributed by atoms with van der Waals surface area (Å²) in [6.45, 7) is 1.87. The van der Waals surface area contributed by atoms with Crippen LogP contribution in [0.1, 0.15) is 24.9 Å². The van der Waals surface area contributed by atoms with Crippen LogP contribution in [0.15, 0.2) is 18.2 Å². The first-order chi connectivity index (χ1) is 8.54. The first kappa shape index (κ1) is 12.3. The number of nitrogens with two attached hydrogens (primary N) is 1. The Balaban J connectivity index is 2.66. The van der Waals surface area contributed by atoms with Gasteiger partial charge in [-0.2, -0.15) is 5.26 Å². The molecule has 3 N–H and O–H groups in total. The Morgan fingerprint density at radius 2 is 2.39 bits per heavy atom. The third kappa shape index (κ3) is 2.00. The van der Waals surface area contributed by atoms with Gasteiger partial charge < -0.3 is 15.3 Å². The molecular formula is C12H12N4OS. The zero-order valence-electron chi connectivity index (χ0n) is 9.80. The fraction of sp³-hybridized carbons (Fsp3) is 0.250. The summed E-state index contributed by atoms with van der Waals surface area (Å²) in [5, 5.41) is 9.03. The number of H-pyrrole nitrogens is 1. The van der Waals surface area contributed by atoms with Crippen LogP contribution in [0.4, 0.5) is 0 Å². The Labute approximate surface area is 109 Å². The number of hydrogen-bond donors (Lipinski definition) is 2. The average Bonchev–Trinajstić information content (AvgIpc) is 2.63. The number of benzene rings is 1. The van der Waals surface area contributed by atoms with Crippen molar-refractivity contribution in [1.82, 2.24) is 9.55 Å². The molecule has 5 nitrogen and oxygen atoms in total. The number of aromatic amines is 1. The minimum Gasteiger partial charge on any atom is -0.370 e. The van der Waals surface area contributed by atoms with Crippen LogP contribution in [-0.4, -0.2) is 15.5 Å². The van der Waals surface area contributed by atoms with Gasteiger partial charge in [0.15, 0.2) is 4.77 Å². The van der Waals surface area contributed by atoms with E-state index in [9.17, 15) is 4.79 Å². The number of imidazole rings is 1. The largest absolute Gasteiger partial charge is 0.370 e. The third-order valence-electron chi connectivity index (χ3n) is 2.81. The molecule has 0 saturated carbocycles. The summed E-state index contributed by atoms with van der Waals surface area (Å²) in [4.78, 5) is 14.0. The van der Waals surface area contributed by atoms with Crippen LogP contribution in [0.3, 0.4) is 0 Å². The summed E-state index contributed by atoms with van der Waals surface area (Å²) >= 11 is 5.24. The minimum atomic E-state index is -0.379. The molecule has 1 atom stereocenters. The molecule has 0 aliphatic heterocycles. The number of fused-ring (bicyclic) bond motifs is 1. The van der Waals surface area contributed by atoms with Crippen molar-refractivity contribution in [2.24, 2.45) is 5.73 Å². The van der Waals surface area contributed by atoms with E-state index in [0.717, 1.165) is 5.52 Å². The van der Waals surface area contributed by atoms with Crippen LogP contribution in [-0.2, 0) is 4.79 Å². The van der Waals surface area contributed by atoms with E-state index in [4.69, 9.17) is 23.2 Å². The first-order valence-corrected chi connectivity index (χ1v) is 5.87. The highest BCUT2D eigenvalue weighted by atomic mass is 32.1. The van der Waals surface area contributed by atoms with Crippen LogP contribution in [0.25, 0.3) is 11.0 Å². The van der Waals surface area contributed by atoms with Crippen LogP contribution >= 0.6 is 12.2 Å². The summed E-state index contributed by atoms with van der Waals surface area (Å²) in [5.41, 5.74) is 7.24. The first-order valence-electron chi connectivity index (χ1n) is 5.46. The maximum Gasteiger partial charge on any atom is 0.219 e. The number of nitriles is 1. The number of primary amides is 1. The van der Waals surface area contributed by atoms with Crippen molar-refractivity contribution in [3.05, 3.63) is 28.5 Å². The highest BCUT2D eigenvalue weighted by molar-refractivity contribution is 7.71. The topological polar surface area (TPSA) is 87.6 Å². The Bertz CT molecular complexity index is 707. The lowest BCUT2D eigenvalue weighted by Crippen LogP contribution is -2.17. The quantitative estimate of drug-likeness (QED) is 0.827. The molecule has 0 saturated heterocycles. The number of nitrogens with zero attached hydrogens (tertiary/aromatic N) is 2. The number of nitrogens with one attached hydrogen (secondary N) is 1. The molecule has 0 aliphatic carbocycles. The van der Waals surface area contributed by atoms with Gasteiger partial charge in [0.1, 0.15) is 6.07 Å². The van der Waals surface area contributed by atoms with Crippen molar-refractivity contribution in [3.8, 4) is 6.07 Å². The van der Waals surface area contributed by atoms with E-state index in [1.165, 1.54) is 0 Å². The second-order valence-corrected chi connectivity index (χ2v) is 4.52. The van der Waals surface area contributed by atoms with E-state index in [0.29, 0.717) is 15.9 Å². The van der Waals surface area contributed by atoms with Crippen molar-refractivity contribution < 1.29 is 4.79 Å². The van der Waals surface area contributed by atoms with Crippen molar-refractivity contribution >= 4 is 29.2 Å². The Kier molecular flexibility index (Phi) is 3.17. The van der Waals surface area contributed by atoms with Crippen LogP contribution in [0, 0.1) is 16.1 Å². The lowest BCUT2D eigenvalue weighted by Gasteiger charge is -2.12. The van der Waals surface area contributed by atoms with E-state index in [1.54, 1.807) is 12.1 Å². The SMILES string of the molecule is CC(CC(N)=O)n1c(=S)[nH]c2c(C#N)cccc21. The zero-order valence-corrected chi connectivity index (χ0v) is 10.6. The van der Waals surface area contributed by atoms with Gasteiger partial charge in [0, 0.05) is 12.5 Å². The standard InChI is InChI=1S/C12H12N4OS/c1-7(5-10(14)17)16-9-4-2-3-8(6-13)11(9)15-12(16)18/h2-4,7H,5H2,1H3,(H2,14,17)(H,15,18). The molecule has 1 amide bonds. The minimum absolute atomic E-state index is 0.141. The number of amides is 1. The van der Waals surface area contributed by atoms with Crippen molar-refractivity contribution in [2.75, 3.05) is 0 Å². The molecule has 0 bridgehead atoms. The smallest absolute Gasteiger partial charge is 0.219 e. The average molecular weight is 260 g/mol. The van der Waals surface area contributed by atoms with Crippen LogP contribution < -0.4 is 5.73 Å². The van der Waals surface area contributed by atoms with Gasteiger partial charge in [-0.15, -0.1) is 0 Å². The Morgan fingerprint density at radius 1 is 1.67 bits per heavy atom. The summed E-state index contributed by atoms with van der Waals surface area (Å²) in [5.74, 6) is -0.379. The molecular weight excluding hydrogens is 248 g/mol. The predicted octanol–water partition coefficient (Wildman–Crippen LogP) is 2.01. The molecule has 2 aromatic rings. The molecule has 18 heavy (non-hydrogen) atoms. The second-order valence-electron chi connectivity index (χ2n) is 4.13. The van der Waals surface area contributed by atoms with Gasteiger partial charge in [-0.05, 0) is 31.3 Å². The third-order valence-corrected chi connectivity index (χ3v) is 3.11. The van der Waals surface area contributed by atoms with E-state index in [2.05, 4.69) is 11.1 Å². The van der Waals surface area contributed by atoms with Gasteiger partial charge in [0.25, 0.3) is 0 Å². The van der Waals surface area contributed by atoms with Gasteiger partial charge in [0.05, 0.1) is 16.6 Å². The second kappa shape index (κ2) is 4.63. The molecule has 0 radical (unpaired) electrons. The number of aromatic nitrogens is 2. The number of carbonyl (C=O) groups is 1.